The number of rotatable bonds is 3. The van der Waals surface area contributed by atoms with Crippen LogP contribution in [0.3, 0.4) is 0 Å². The van der Waals surface area contributed by atoms with Crippen molar-refractivity contribution in [1.29, 1.82) is 0 Å². The highest BCUT2D eigenvalue weighted by Gasteiger charge is 2.23. The van der Waals surface area contributed by atoms with Gasteiger partial charge in [-0.2, -0.15) is 4.98 Å². The summed E-state index contributed by atoms with van der Waals surface area (Å²) < 4.78 is 6.94. The SMILES string of the molecule is COc1ccc([C@H]2C=C(C)Nc3nc(NC(C)=O)nn32)cc1. The molecule has 1 aliphatic rings. The zero-order chi connectivity index (χ0) is 15.7. The summed E-state index contributed by atoms with van der Waals surface area (Å²) in [7, 11) is 1.64. The molecule has 7 heteroatoms. The first kappa shape index (κ1) is 14.1. The highest BCUT2D eigenvalue weighted by molar-refractivity contribution is 5.86. The van der Waals surface area contributed by atoms with Gasteiger partial charge >= 0.3 is 0 Å². The Bertz CT molecular complexity index is 733. The van der Waals surface area contributed by atoms with Crippen molar-refractivity contribution in [2.45, 2.75) is 19.9 Å². The number of carbonyl (C=O) groups excluding carboxylic acids is 1. The third-order valence-corrected chi connectivity index (χ3v) is 3.36. The van der Waals surface area contributed by atoms with Gasteiger partial charge in [0, 0.05) is 12.6 Å². The molecule has 1 aromatic carbocycles. The molecule has 0 unspecified atom stereocenters. The van der Waals surface area contributed by atoms with Gasteiger partial charge < -0.3 is 10.1 Å². The Morgan fingerprint density at radius 1 is 1.36 bits per heavy atom. The quantitative estimate of drug-likeness (QED) is 0.907. The summed E-state index contributed by atoms with van der Waals surface area (Å²) >= 11 is 0. The number of hydrogen-bond acceptors (Lipinski definition) is 5. The molecule has 1 amide bonds. The van der Waals surface area contributed by atoms with Crippen LogP contribution in [0.4, 0.5) is 11.9 Å². The predicted molar refractivity (Wildman–Crippen MR) is 82.8 cm³/mol. The number of carbonyl (C=O) groups is 1. The number of nitrogens with zero attached hydrogens (tertiary/aromatic N) is 3. The van der Waals surface area contributed by atoms with Gasteiger partial charge in [-0.25, -0.2) is 4.68 Å². The van der Waals surface area contributed by atoms with Crippen LogP contribution in [0.1, 0.15) is 25.5 Å². The van der Waals surface area contributed by atoms with Crippen molar-refractivity contribution in [2.24, 2.45) is 0 Å². The molecule has 2 aromatic rings. The average molecular weight is 299 g/mol. The van der Waals surface area contributed by atoms with E-state index in [2.05, 4.69) is 26.8 Å². The van der Waals surface area contributed by atoms with Crippen LogP contribution >= 0.6 is 0 Å². The van der Waals surface area contributed by atoms with Crippen LogP contribution in [0.5, 0.6) is 5.75 Å². The van der Waals surface area contributed by atoms with Crippen molar-refractivity contribution in [2.75, 3.05) is 17.7 Å². The molecule has 0 spiro atoms. The second-order valence-corrected chi connectivity index (χ2v) is 5.08. The van der Waals surface area contributed by atoms with Crippen molar-refractivity contribution < 1.29 is 9.53 Å². The number of anilines is 2. The number of benzene rings is 1. The maximum Gasteiger partial charge on any atom is 0.250 e. The molecule has 2 heterocycles. The lowest BCUT2D eigenvalue weighted by Gasteiger charge is -2.22. The number of methoxy groups -OCH3 is 1. The largest absolute Gasteiger partial charge is 0.497 e. The summed E-state index contributed by atoms with van der Waals surface area (Å²) in [6, 6.07) is 7.71. The van der Waals surface area contributed by atoms with Crippen molar-refractivity contribution in [1.82, 2.24) is 14.8 Å². The standard InChI is InChI=1S/C15H17N5O2/c1-9-8-13(11-4-6-12(22-3)7-5-11)20-15(16-9)18-14(19-20)17-10(2)21/h4-8,13H,1-3H3,(H2,16,17,18,19,21)/t13-/m1/s1. The second-order valence-electron chi connectivity index (χ2n) is 5.08. The average Bonchev–Trinajstić information content (AvgIpc) is 2.87. The second kappa shape index (κ2) is 5.51. The van der Waals surface area contributed by atoms with Gasteiger partial charge in [0.1, 0.15) is 11.8 Å². The summed E-state index contributed by atoms with van der Waals surface area (Å²) in [6.07, 6.45) is 2.06. The Morgan fingerprint density at radius 3 is 2.73 bits per heavy atom. The topological polar surface area (TPSA) is 81.1 Å². The molecule has 1 aliphatic heterocycles. The van der Waals surface area contributed by atoms with Crippen LogP contribution in [-0.2, 0) is 4.79 Å². The van der Waals surface area contributed by atoms with Gasteiger partial charge in [-0.1, -0.05) is 12.1 Å². The number of aromatic nitrogens is 3. The molecule has 0 aliphatic carbocycles. The number of nitrogens with one attached hydrogen (secondary N) is 2. The third kappa shape index (κ3) is 2.65. The fourth-order valence-electron chi connectivity index (χ4n) is 2.38. The fraction of sp³-hybridized carbons (Fsp3) is 0.267. The van der Waals surface area contributed by atoms with Crippen molar-refractivity contribution in [3.63, 3.8) is 0 Å². The molecule has 2 N–H and O–H groups in total. The minimum atomic E-state index is -0.200. The van der Waals surface area contributed by atoms with E-state index in [1.54, 1.807) is 11.8 Å². The van der Waals surface area contributed by atoms with Gasteiger partial charge in [0.05, 0.1) is 7.11 Å². The van der Waals surface area contributed by atoms with E-state index in [-0.39, 0.29) is 17.9 Å². The lowest BCUT2D eigenvalue weighted by atomic mass is 10.0. The van der Waals surface area contributed by atoms with Gasteiger partial charge in [-0.05, 0) is 30.7 Å². The summed E-state index contributed by atoms with van der Waals surface area (Å²) in [5, 5.41) is 10.1. The summed E-state index contributed by atoms with van der Waals surface area (Å²) in [5.74, 6) is 1.49. The number of fused-ring (bicyclic) bond motifs is 1. The molecule has 1 aromatic heterocycles. The number of hydrogen-bond donors (Lipinski definition) is 2. The molecule has 0 radical (unpaired) electrons. The van der Waals surface area contributed by atoms with E-state index in [4.69, 9.17) is 4.74 Å². The molecule has 0 bridgehead atoms. The van der Waals surface area contributed by atoms with E-state index < -0.39 is 0 Å². The molecule has 7 nitrogen and oxygen atoms in total. The smallest absolute Gasteiger partial charge is 0.250 e. The Labute approximate surface area is 128 Å². The maximum absolute atomic E-state index is 11.2. The zero-order valence-electron chi connectivity index (χ0n) is 12.6. The molecule has 22 heavy (non-hydrogen) atoms. The molecule has 3 rings (SSSR count). The summed E-state index contributed by atoms with van der Waals surface area (Å²) in [5.41, 5.74) is 2.04. The predicted octanol–water partition coefficient (Wildman–Crippen LogP) is 2.16. The fourth-order valence-corrected chi connectivity index (χ4v) is 2.38. The van der Waals surface area contributed by atoms with Crippen molar-refractivity contribution in [3.05, 3.63) is 41.6 Å². The Kier molecular flexibility index (Phi) is 3.54. The van der Waals surface area contributed by atoms with Crippen molar-refractivity contribution >= 4 is 17.8 Å². The van der Waals surface area contributed by atoms with Crippen LogP contribution in [0.2, 0.25) is 0 Å². The molecular weight excluding hydrogens is 282 g/mol. The monoisotopic (exact) mass is 299 g/mol. The van der Waals surface area contributed by atoms with Gasteiger partial charge in [-0.15, -0.1) is 5.10 Å². The van der Waals surface area contributed by atoms with Gasteiger partial charge in [0.2, 0.25) is 11.9 Å². The van der Waals surface area contributed by atoms with E-state index in [1.165, 1.54) is 6.92 Å². The number of allylic oxidation sites excluding steroid dienone is 2. The summed E-state index contributed by atoms with van der Waals surface area (Å²) in [6.45, 7) is 3.39. The van der Waals surface area contributed by atoms with Gasteiger partial charge in [-0.3, -0.25) is 10.1 Å². The van der Waals surface area contributed by atoms with E-state index >= 15 is 0 Å². The third-order valence-electron chi connectivity index (χ3n) is 3.36. The molecule has 0 saturated carbocycles. The van der Waals surface area contributed by atoms with E-state index in [1.807, 2.05) is 31.2 Å². The van der Waals surface area contributed by atoms with Gasteiger partial charge in [0.15, 0.2) is 0 Å². The van der Waals surface area contributed by atoms with Crippen LogP contribution in [0.15, 0.2) is 36.0 Å². The Morgan fingerprint density at radius 2 is 2.09 bits per heavy atom. The maximum atomic E-state index is 11.2. The first-order valence-electron chi connectivity index (χ1n) is 6.90. The van der Waals surface area contributed by atoms with Crippen molar-refractivity contribution in [3.8, 4) is 5.75 Å². The minimum absolute atomic E-state index is 0.0860. The Hall–Kier alpha value is -2.83. The molecule has 114 valence electrons. The summed E-state index contributed by atoms with van der Waals surface area (Å²) in [4.78, 5) is 15.5. The highest BCUT2D eigenvalue weighted by atomic mass is 16.5. The van der Waals surface area contributed by atoms with Crippen LogP contribution in [0, 0.1) is 0 Å². The van der Waals surface area contributed by atoms with E-state index in [9.17, 15) is 4.79 Å². The number of amides is 1. The van der Waals surface area contributed by atoms with E-state index in [0.717, 1.165) is 17.0 Å². The first-order valence-corrected chi connectivity index (χ1v) is 6.90. The highest BCUT2D eigenvalue weighted by Crippen LogP contribution is 2.30. The lowest BCUT2D eigenvalue weighted by molar-refractivity contribution is -0.114. The van der Waals surface area contributed by atoms with Crippen LogP contribution < -0.4 is 15.4 Å². The molecule has 0 fully saturated rings. The Balaban J connectivity index is 1.98. The normalized spacial score (nSPS) is 16.3. The first-order chi connectivity index (χ1) is 10.6. The molecule has 1 atom stereocenters. The van der Waals surface area contributed by atoms with Gasteiger partial charge in [0.25, 0.3) is 5.95 Å². The number of ether oxygens (including phenoxy) is 1. The van der Waals surface area contributed by atoms with Crippen LogP contribution in [0.25, 0.3) is 0 Å². The van der Waals surface area contributed by atoms with Crippen LogP contribution in [-0.4, -0.2) is 27.8 Å². The van der Waals surface area contributed by atoms with E-state index in [0.29, 0.717) is 5.95 Å². The zero-order valence-corrected chi connectivity index (χ0v) is 12.6. The minimum Gasteiger partial charge on any atom is -0.497 e. The lowest BCUT2D eigenvalue weighted by Crippen LogP contribution is -2.19. The molecule has 0 saturated heterocycles. The molecular formula is C15H17N5O2.